The number of aromatic amines is 1. The summed E-state index contributed by atoms with van der Waals surface area (Å²) in [5, 5.41) is 16.9. The lowest BCUT2D eigenvalue weighted by atomic mass is 10.1. The number of fused-ring (bicyclic) bond motifs is 1. The van der Waals surface area contributed by atoms with E-state index in [0.29, 0.717) is 66.0 Å². The van der Waals surface area contributed by atoms with Gasteiger partial charge in [0, 0.05) is 51.8 Å². The van der Waals surface area contributed by atoms with E-state index in [1.165, 1.54) is 19.5 Å². The second-order valence-electron chi connectivity index (χ2n) is 8.69. The van der Waals surface area contributed by atoms with Crippen LogP contribution in [-0.2, 0) is 11.8 Å². The van der Waals surface area contributed by atoms with Gasteiger partial charge in [-0.15, -0.1) is 0 Å². The van der Waals surface area contributed by atoms with Gasteiger partial charge in [-0.3, -0.25) is 14.3 Å². The summed E-state index contributed by atoms with van der Waals surface area (Å²) in [4.78, 5) is 42.1. The van der Waals surface area contributed by atoms with Crippen LogP contribution in [0, 0.1) is 0 Å². The molecule has 0 atom stereocenters. The average Bonchev–Trinajstić information content (AvgIpc) is 3.72. The summed E-state index contributed by atoms with van der Waals surface area (Å²) < 4.78 is 8.70. The summed E-state index contributed by atoms with van der Waals surface area (Å²) in [5.41, 5.74) is 2.00. The smallest absolute Gasteiger partial charge is 0.295 e. The lowest BCUT2D eigenvalue weighted by Gasteiger charge is -2.34. The lowest BCUT2D eigenvalue weighted by molar-refractivity contribution is -0.126. The van der Waals surface area contributed by atoms with Gasteiger partial charge in [-0.1, -0.05) is 11.2 Å². The topological polar surface area (TPSA) is 153 Å². The van der Waals surface area contributed by atoms with Crippen LogP contribution in [0.15, 0.2) is 49.1 Å². The molecule has 1 aliphatic heterocycles. The molecule has 14 heteroatoms. The van der Waals surface area contributed by atoms with E-state index in [1.807, 2.05) is 36.2 Å². The van der Waals surface area contributed by atoms with E-state index in [4.69, 9.17) is 4.74 Å². The Hall–Kier alpha value is -5.14. The highest BCUT2D eigenvalue weighted by Crippen LogP contribution is 2.34. The maximum absolute atomic E-state index is 13.4. The van der Waals surface area contributed by atoms with E-state index in [9.17, 15) is 9.59 Å². The van der Waals surface area contributed by atoms with Crippen LogP contribution in [0.2, 0.25) is 0 Å². The van der Waals surface area contributed by atoms with E-state index in [-0.39, 0.29) is 5.56 Å². The van der Waals surface area contributed by atoms with Gasteiger partial charge < -0.3 is 19.5 Å². The van der Waals surface area contributed by atoms with Crippen molar-refractivity contribution >= 4 is 28.5 Å². The van der Waals surface area contributed by atoms with Crippen LogP contribution < -0.4 is 9.64 Å². The first-order valence-corrected chi connectivity index (χ1v) is 11.9. The number of nitrogens with zero attached hydrogens (tertiary/aromatic N) is 10. The van der Waals surface area contributed by atoms with Crippen LogP contribution in [0.25, 0.3) is 28.1 Å². The van der Waals surface area contributed by atoms with Crippen molar-refractivity contribution in [3.8, 4) is 23.0 Å². The minimum absolute atomic E-state index is 0.225. The third-order valence-corrected chi connectivity index (χ3v) is 6.46. The summed E-state index contributed by atoms with van der Waals surface area (Å²) >= 11 is 0. The molecular weight excluding hydrogens is 490 g/mol. The van der Waals surface area contributed by atoms with E-state index in [2.05, 4.69) is 35.6 Å². The van der Waals surface area contributed by atoms with E-state index >= 15 is 0 Å². The first-order chi connectivity index (χ1) is 18.5. The number of anilines is 1. The van der Waals surface area contributed by atoms with Gasteiger partial charge in [-0.25, -0.2) is 9.97 Å². The Morgan fingerprint density at radius 2 is 1.92 bits per heavy atom. The number of carbonyl (C=O) groups excluding carboxylic acids is 2. The van der Waals surface area contributed by atoms with Gasteiger partial charge in [0.05, 0.1) is 29.8 Å². The largest absolute Gasteiger partial charge is 0.494 e. The fraction of sp³-hybridized carbons (Fsp3) is 0.250. The van der Waals surface area contributed by atoms with Crippen molar-refractivity contribution < 1.29 is 14.3 Å². The van der Waals surface area contributed by atoms with Crippen LogP contribution >= 0.6 is 0 Å². The molecule has 1 fully saturated rings. The van der Waals surface area contributed by atoms with Crippen LogP contribution in [0.3, 0.4) is 0 Å². The number of H-pyrrole nitrogens is 1. The van der Waals surface area contributed by atoms with E-state index < -0.39 is 11.7 Å². The van der Waals surface area contributed by atoms with E-state index in [1.54, 1.807) is 26.7 Å². The molecule has 6 rings (SSSR count). The minimum atomic E-state index is -0.625. The zero-order valence-electron chi connectivity index (χ0n) is 20.6. The molecule has 38 heavy (non-hydrogen) atoms. The van der Waals surface area contributed by atoms with E-state index in [0.717, 1.165) is 0 Å². The van der Waals surface area contributed by atoms with Crippen molar-refractivity contribution in [3.05, 3.63) is 54.6 Å². The molecule has 1 N–H and O–H groups in total. The van der Waals surface area contributed by atoms with Crippen LogP contribution in [0.4, 0.5) is 5.95 Å². The molecule has 0 aromatic carbocycles. The molecule has 1 saturated heterocycles. The number of hydrogen-bond donors (Lipinski definition) is 1. The molecular formula is C24H23N11O3. The quantitative estimate of drug-likeness (QED) is 0.256. The molecule has 1 aliphatic rings. The molecule has 0 spiro atoms. The van der Waals surface area contributed by atoms with Gasteiger partial charge in [-0.2, -0.15) is 9.78 Å². The number of aryl methyl sites for hydroxylation is 1. The molecule has 0 unspecified atom stereocenters. The highest BCUT2D eigenvalue weighted by Gasteiger charge is 2.31. The molecule has 14 nitrogen and oxygen atoms in total. The summed E-state index contributed by atoms with van der Waals surface area (Å²) in [5.74, 6) is 0.294. The number of aromatic nitrogens is 9. The van der Waals surface area contributed by atoms with Crippen molar-refractivity contribution in [2.75, 3.05) is 38.2 Å². The predicted octanol–water partition coefficient (Wildman–Crippen LogP) is 0.874. The fourth-order valence-corrected chi connectivity index (χ4v) is 4.56. The molecule has 1 amide bonds. The number of piperazine rings is 1. The Balaban J connectivity index is 1.22. The second-order valence-corrected chi connectivity index (χ2v) is 8.69. The van der Waals surface area contributed by atoms with Gasteiger partial charge in [0.1, 0.15) is 17.1 Å². The summed E-state index contributed by atoms with van der Waals surface area (Å²) in [6.07, 6.45) is 6.53. The van der Waals surface area contributed by atoms with Crippen molar-refractivity contribution in [1.29, 1.82) is 0 Å². The highest BCUT2D eigenvalue weighted by atomic mass is 16.5. The predicted molar refractivity (Wildman–Crippen MR) is 135 cm³/mol. The van der Waals surface area contributed by atoms with Crippen molar-refractivity contribution in [3.63, 3.8) is 0 Å². The normalized spacial score (nSPS) is 13.7. The zero-order chi connectivity index (χ0) is 26.2. The molecule has 5 aromatic rings. The molecule has 0 radical (unpaired) electrons. The van der Waals surface area contributed by atoms with Gasteiger partial charge in [0.25, 0.3) is 17.6 Å². The number of nitrogens with one attached hydrogen (secondary N) is 1. The minimum Gasteiger partial charge on any atom is -0.494 e. The number of methoxy groups -OCH3 is 1. The maximum Gasteiger partial charge on any atom is 0.295 e. The number of Topliss-reactive ketones (excluding diaryl/α,β-unsaturated/α-hetero) is 1. The summed E-state index contributed by atoms with van der Waals surface area (Å²) in [7, 11) is 3.31. The lowest BCUT2D eigenvalue weighted by Crippen LogP contribution is -2.51. The number of ketones is 1. The van der Waals surface area contributed by atoms with Gasteiger partial charge in [0.15, 0.2) is 5.82 Å². The molecule has 0 bridgehead atoms. The number of tetrazole rings is 1. The maximum atomic E-state index is 13.4. The van der Waals surface area contributed by atoms with Crippen LogP contribution in [-0.4, -0.2) is 94.8 Å². The summed E-state index contributed by atoms with van der Waals surface area (Å²) in [6, 6.07) is 7.30. The Bertz CT molecular complexity index is 1630. The van der Waals surface area contributed by atoms with Crippen LogP contribution in [0.5, 0.6) is 5.75 Å². The Morgan fingerprint density at radius 1 is 1.08 bits per heavy atom. The van der Waals surface area contributed by atoms with Crippen LogP contribution in [0.1, 0.15) is 10.4 Å². The molecule has 0 aliphatic carbocycles. The number of carbonyl (C=O) groups is 2. The number of amides is 1. The zero-order valence-corrected chi connectivity index (χ0v) is 20.6. The fourth-order valence-electron chi connectivity index (χ4n) is 4.56. The number of pyridine rings is 2. The molecule has 6 heterocycles. The molecule has 192 valence electrons. The third-order valence-electron chi connectivity index (χ3n) is 6.46. The number of hydrogen-bond acceptors (Lipinski definition) is 10. The first kappa shape index (κ1) is 23.3. The average molecular weight is 514 g/mol. The van der Waals surface area contributed by atoms with Gasteiger partial charge in [0.2, 0.25) is 0 Å². The molecule has 5 aromatic heterocycles. The Labute approximate surface area is 215 Å². The number of ether oxygens (including phenoxy) is 1. The van der Waals surface area contributed by atoms with Gasteiger partial charge in [-0.05, 0) is 28.6 Å². The Kier molecular flexibility index (Phi) is 5.75. The highest BCUT2D eigenvalue weighted by molar-refractivity contribution is 6.45. The first-order valence-electron chi connectivity index (χ1n) is 11.9. The Morgan fingerprint density at radius 3 is 2.63 bits per heavy atom. The molecule has 0 saturated carbocycles. The SMILES string of the molecule is COc1cnc(-c2ccn(C)n2)c2[nH]cc(C(=O)C(=O)N3CCN(c4nnnn4-c4ccccn4)CC3)c12. The number of rotatable bonds is 6. The van der Waals surface area contributed by atoms with Crippen molar-refractivity contribution in [2.24, 2.45) is 7.05 Å². The summed E-state index contributed by atoms with van der Waals surface area (Å²) in [6.45, 7) is 1.58. The van der Waals surface area contributed by atoms with Crippen molar-refractivity contribution in [1.82, 2.24) is 49.8 Å². The third kappa shape index (κ3) is 3.91. The van der Waals surface area contributed by atoms with Crippen molar-refractivity contribution in [2.45, 2.75) is 0 Å². The standard InChI is InChI=1S/C24H23N11O3/c1-32-8-6-16(29-32)20-21-19(17(38-2)14-27-20)15(13-26-21)22(36)23(37)33-9-11-34(12-10-33)24-28-30-31-35(24)18-5-3-4-7-25-18/h3-8,13-14,26H,9-12H2,1-2H3. The second kappa shape index (κ2) is 9.38. The van der Waals surface area contributed by atoms with Gasteiger partial charge >= 0.3 is 0 Å². The monoisotopic (exact) mass is 513 g/mol.